The van der Waals surface area contributed by atoms with Gasteiger partial charge in [-0.05, 0) is 40.4 Å². The maximum atomic E-state index is 12.5. The number of hydrogen-bond acceptors (Lipinski definition) is 3. The number of halogens is 1. The third kappa shape index (κ3) is 3.05. The van der Waals surface area contributed by atoms with E-state index in [1.165, 1.54) is 11.3 Å². The molecule has 0 unspecified atom stereocenters. The second-order valence-corrected chi connectivity index (χ2v) is 7.50. The summed E-state index contributed by atoms with van der Waals surface area (Å²) in [6.45, 7) is 0.908. The second-order valence-electron chi connectivity index (χ2n) is 5.67. The highest BCUT2D eigenvalue weighted by atomic mass is 79.9. The Balaban J connectivity index is 1.78. The Kier molecular flexibility index (Phi) is 4.55. The highest BCUT2D eigenvalue weighted by molar-refractivity contribution is 9.10. The predicted molar refractivity (Wildman–Crippen MR) is 92.9 cm³/mol. The van der Waals surface area contributed by atoms with Gasteiger partial charge in [-0.1, -0.05) is 30.3 Å². The van der Waals surface area contributed by atoms with E-state index in [0.29, 0.717) is 30.8 Å². The Hall–Kier alpha value is -1.66. The maximum absolute atomic E-state index is 12.5. The third-order valence-corrected chi connectivity index (χ3v) is 6.10. The molecule has 0 saturated carbocycles. The quantitative estimate of drug-likeness (QED) is 0.863. The van der Waals surface area contributed by atoms with Gasteiger partial charge in [-0.3, -0.25) is 9.59 Å². The minimum absolute atomic E-state index is 0.0206. The highest BCUT2D eigenvalue weighted by Gasteiger charge is 2.43. The van der Waals surface area contributed by atoms with Crippen LogP contribution in [0.2, 0.25) is 0 Å². The maximum Gasteiger partial charge on any atom is 0.314 e. The Morgan fingerprint density at radius 3 is 2.35 bits per heavy atom. The van der Waals surface area contributed by atoms with Crippen LogP contribution in [0.4, 0.5) is 0 Å². The number of carboxylic acids is 1. The Labute approximate surface area is 146 Å². The van der Waals surface area contributed by atoms with Crippen molar-refractivity contribution in [3.05, 3.63) is 56.7 Å². The summed E-state index contributed by atoms with van der Waals surface area (Å²) in [7, 11) is 0. The van der Waals surface area contributed by atoms with E-state index in [9.17, 15) is 14.7 Å². The van der Waals surface area contributed by atoms with Crippen LogP contribution < -0.4 is 0 Å². The van der Waals surface area contributed by atoms with Crippen molar-refractivity contribution in [3.8, 4) is 0 Å². The summed E-state index contributed by atoms with van der Waals surface area (Å²) < 4.78 is 0.895. The molecular weight excluding hydrogens is 378 g/mol. The SMILES string of the molecule is O=C(c1cc(Br)cs1)N1CCC(C(=O)O)(c2ccccc2)CC1. The smallest absolute Gasteiger partial charge is 0.314 e. The number of piperidine rings is 1. The fourth-order valence-electron chi connectivity index (χ4n) is 3.06. The van der Waals surface area contributed by atoms with Gasteiger partial charge in [-0.15, -0.1) is 11.3 Å². The highest BCUT2D eigenvalue weighted by Crippen LogP contribution is 2.36. The van der Waals surface area contributed by atoms with E-state index in [2.05, 4.69) is 15.9 Å². The molecule has 0 spiro atoms. The normalized spacial score (nSPS) is 17.0. The number of thiophene rings is 1. The first kappa shape index (κ1) is 16.2. The van der Waals surface area contributed by atoms with Crippen LogP contribution in [-0.4, -0.2) is 35.0 Å². The van der Waals surface area contributed by atoms with Gasteiger partial charge in [0.15, 0.2) is 0 Å². The summed E-state index contributed by atoms with van der Waals surface area (Å²) in [5.74, 6) is -0.831. The van der Waals surface area contributed by atoms with E-state index in [1.54, 1.807) is 4.90 Å². The molecule has 120 valence electrons. The van der Waals surface area contributed by atoms with Gasteiger partial charge < -0.3 is 10.0 Å². The van der Waals surface area contributed by atoms with Crippen LogP contribution in [0, 0.1) is 0 Å². The van der Waals surface area contributed by atoms with Gasteiger partial charge in [0.1, 0.15) is 0 Å². The molecule has 1 aliphatic rings. The molecule has 0 aliphatic carbocycles. The van der Waals surface area contributed by atoms with Gasteiger partial charge in [-0.25, -0.2) is 0 Å². The molecule has 1 saturated heterocycles. The summed E-state index contributed by atoms with van der Waals surface area (Å²) in [4.78, 5) is 26.8. The third-order valence-electron chi connectivity index (χ3n) is 4.42. The minimum atomic E-state index is -0.895. The van der Waals surface area contributed by atoms with Gasteiger partial charge in [0, 0.05) is 22.9 Å². The Morgan fingerprint density at radius 1 is 1.17 bits per heavy atom. The Morgan fingerprint density at radius 2 is 1.83 bits per heavy atom. The fraction of sp³-hybridized carbons (Fsp3) is 0.294. The lowest BCUT2D eigenvalue weighted by molar-refractivity contribution is -0.145. The van der Waals surface area contributed by atoms with Gasteiger partial charge in [0.2, 0.25) is 0 Å². The molecule has 2 aromatic rings. The van der Waals surface area contributed by atoms with E-state index in [-0.39, 0.29) is 5.91 Å². The zero-order valence-electron chi connectivity index (χ0n) is 12.4. The summed E-state index contributed by atoms with van der Waals surface area (Å²) in [6, 6.07) is 11.1. The predicted octanol–water partition coefficient (Wildman–Crippen LogP) is 3.77. The van der Waals surface area contributed by atoms with E-state index in [0.717, 1.165) is 10.0 Å². The van der Waals surface area contributed by atoms with Crippen LogP contribution in [-0.2, 0) is 10.2 Å². The van der Waals surface area contributed by atoms with Crippen LogP contribution >= 0.6 is 27.3 Å². The van der Waals surface area contributed by atoms with Crippen molar-refractivity contribution in [2.24, 2.45) is 0 Å². The van der Waals surface area contributed by atoms with E-state index >= 15 is 0 Å². The molecule has 23 heavy (non-hydrogen) atoms. The van der Waals surface area contributed by atoms with Crippen molar-refractivity contribution in [1.82, 2.24) is 4.90 Å². The lowest BCUT2D eigenvalue weighted by Gasteiger charge is -2.39. The van der Waals surface area contributed by atoms with Gasteiger partial charge >= 0.3 is 5.97 Å². The van der Waals surface area contributed by atoms with Gasteiger partial charge in [-0.2, -0.15) is 0 Å². The number of benzene rings is 1. The van der Waals surface area contributed by atoms with Crippen LogP contribution in [0.25, 0.3) is 0 Å². The first-order chi connectivity index (χ1) is 11.0. The molecule has 1 amide bonds. The van der Waals surface area contributed by atoms with Crippen LogP contribution in [0.15, 0.2) is 46.3 Å². The van der Waals surface area contributed by atoms with Gasteiger partial charge in [0.05, 0.1) is 10.3 Å². The van der Waals surface area contributed by atoms with Gasteiger partial charge in [0.25, 0.3) is 5.91 Å². The lowest BCUT2D eigenvalue weighted by Crippen LogP contribution is -2.49. The first-order valence-electron chi connectivity index (χ1n) is 7.35. The molecule has 0 bridgehead atoms. The van der Waals surface area contributed by atoms with E-state index in [4.69, 9.17) is 0 Å². The number of likely N-dealkylation sites (tertiary alicyclic amines) is 1. The molecule has 1 N–H and O–H groups in total. The zero-order valence-corrected chi connectivity index (χ0v) is 14.8. The average Bonchev–Trinajstić information content (AvgIpc) is 3.01. The number of hydrogen-bond donors (Lipinski definition) is 1. The van der Waals surface area contributed by atoms with Crippen LogP contribution in [0.1, 0.15) is 28.1 Å². The number of carbonyl (C=O) groups is 2. The molecule has 1 aliphatic heterocycles. The number of carbonyl (C=O) groups excluding carboxylic acids is 1. The van der Waals surface area contributed by atoms with Crippen molar-refractivity contribution in [1.29, 1.82) is 0 Å². The van der Waals surface area contributed by atoms with Crippen molar-refractivity contribution in [2.45, 2.75) is 18.3 Å². The number of carboxylic acid groups (broad SMARTS) is 1. The molecule has 1 aromatic heterocycles. The molecule has 4 nitrogen and oxygen atoms in total. The summed E-state index contributed by atoms with van der Waals surface area (Å²) in [6.07, 6.45) is 0.870. The average molecular weight is 394 g/mol. The molecule has 0 radical (unpaired) electrons. The van der Waals surface area contributed by atoms with Crippen molar-refractivity contribution in [2.75, 3.05) is 13.1 Å². The van der Waals surface area contributed by atoms with Crippen LogP contribution in [0.3, 0.4) is 0 Å². The van der Waals surface area contributed by atoms with Crippen LogP contribution in [0.5, 0.6) is 0 Å². The summed E-state index contributed by atoms with van der Waals surface area (Å²) in [5.41, 5.74) is -0.0767. The minimum Gasteiger partial charge on any atom is -0.481 e. The van der Waals surface area contributed by atoms with E-state index in [1.807, 2.05) is 41.8 Å². The molecule has 0 atom stereocenters. The number of nitrogens with zero attached hydrogens (tertiary/aromatic N) is 1. The second kappa shape index (κ2) is 6.45. The monoisotopic (exact) mass is 393 g/mol. The van der Waals surface area contributed by atoms with Crippen molar-refractivity contribution >= 4 is 39.1 Å². The first-order valence-corrected chi connectivity index (χ1v) is 9.02. The van der Waals surface area contributed by atoms with E-state index < -0.39 is 11.4 Å². The number of rotatable bonds is 3. The number of aliphatic carboxylic acids is 1. The van der Waals surface area contributed by atoms with Crippen molar-refractivity contribution < 1.29 is 14.7 Å². The topological polar surface area (TPSA) is 57.6 Å². The molecule has 6 heteroatoms. The number of amides is 1. The molecule has 1 aromatic carbocycles. The molecule has 1 fully saturated rings. The Bertz CT molecular complexity index is 720. The fourth-order valence-corrected chi connectivity index (χ4v) is 4.45. The lowest BCUT2D eigenvalue weighted by atomic mass is 9.73. The van der Waals surface area contributed by atoms with Crippen molar-refractivity contribution in [3.63, 3.8) is 0 Å². The summed E-state index contributed by atoms with van der Waals surface area (Å²) >= 11 is 4.75. The summed E-state index contributed by atoms with van der Waals surface area (Å²) in [5, 5.41) is 11.7. The standard InChI is InChI=1S/C17H16BrNO3S/c18-13-10-14(23-11-13)15(20)19-8-6-17(7-9-19,16(21)22)12-4-2-1-3-5-12/h1-5,10-11H,6-9H2,(H,21,22). The molecule has 3 rings (SSSR count). The zero-order chi connectivity index (χ0) is 16.4. The largest absolute Gasteiger partial charge is 0.481 e. The molecular formula is C17H16BrNO3S. The molecule has 2 heterocycles.